The van der Waals surface area contributed by atoms with Crippen LogP contribution < -0.4 is 5.32 Å². The normalized spacial score (nSPS) is 12.6. The molecule has 0 aliphatic rings. The molecule has 1 atom stereocenters. The summed E-state index contributed by atoms with van der Waals surface area (Å²) in [6, 6.07) is 10.3. The van der Waals surface area contributed by atoms with Crippen molar-refractivity contribution >= 4 is 11.6 Å². The molecule has 0 radical (unpaired) electrons. The minimum absolute atomic E-state index is 0.349. The topological polar surface area (TPSA) is 25.2 Å². The van der Waals surface area contributed by atoms with E-state index in [1.807, 2.05) is 18.2 Å². The van der Waals surface area contributed by atoms with Crippen molar-refractivity contribution in [2.75, 3.05) is 0 Å². The molecule has 2 aromatic rings. The van der Waals surface area contributed by atoms with Crippen LogP contribution in [0, 0.1) is 0 Å². The van der Waals surface area contributed by atoms with E-state index in [0.29, 0.717) is 6.04 Å². The quantitative estimate of drug-likeness (QED) is 0.860. The van der Waals surface area contributed by atoms with Crippen LogP contribution in [0.5, 0.6) is 0 Å². The van der Waals surface area contributed by atoms with Gasteiger partial charge in [0.1, 0.15) is 0 Å². The van der Waals surface area contributed by atoms with Crippen molar-refractivity contribution in [2.45, 2.75) is 25.9 Å². The first-order chi connectivity index (χ1) is 8.29. The molecule has 0 aliphatic carbocycles. The molecule has 1 unspecified atom stereocenters. The Morgan fingerprint density at radius 2 is 2.00 bits per heavy atom. The Balaban J connectivity index is 1.99. The van der Waals surface area contributed by atoms with Gasteiger partial charge in [0.2, 0.25) is 0 Å². The maximum absolute atomic E-state index is 5.89. The Labute approximate surface area is 107 Å². The van der Waals surface area contributed by atoms with Gasteiger partial charge >= 0.3 is 0 Å². The molecule has 3 heteroatoms. The summed E-state index contributed by atoms with van der Waals surface area (Å²) in [4.78, 5) is 0. The second kappa shape index (κ2) is 5.89. The van der Waals surface area contributed by atoms with Crippen molar-refractivity contribution in [1.29, 1.82) is 0 Å². The number of hydrogen-bond acceptors (Lipinski definition) is 2. The molecular weight excluding hydrogens is 234 g/mol. The summed E-state index contributed by atoms with van der Waals surface area (Å²) >= 11 is 5.89. The summed E-state index contributed by atoms with van der Waals surface area (Å²) in [5.74, 6) is 0. The average molecular weight is 250 g/mol. The van der Waals surface area contributed by atoms with Crippen molar-refractivity contribution in [3.05, 3.63) is 59.0 Å². The molecule has 0 aliphatic heterocycles. The van der Waals surface area contributed by atoms with E-state index in [1.165, 1.54) is 5.56 Å². The molecule has 0 fully saturated rings. The van der Waals surface area contributed by atoms with E-state index in [0.717, 1.165) is 23.6 Å². The standard InChI is InChI=1S/C14H16ClNO/c1-2-14(12-3-5-13(15)6-4-12)16-9-11-7-8-17-10-11/h3-8,10,14,16H,2,9H2,1H3. The molecule has 2 nitrogen and oxygen atoms in total. The van der Waals surface area contributed by atoms with Gasteiger partial charge in [-0.2, -0.15) is 0 Å². The third-order valence-electron chi connectivity index (χ3n) is 2.81. The molecule has 0 saturated heterocycles. The van der Waals surface area contributed by atoms with Crippen LogP contribution in [-0.2, 0) is 6.54 Å². The van der Waals surface area contributed by atoms with Crippen LogP contribution in [0.4, 0.5) is 0 Å². The molecule has 1 heterocycles. The fraction of sp³-hybridized carbons (Fsp3) is 0.286. The number of benzene rings is 1. The Bertz CT molecular complexity index is 436. The van der Waals surface area contributed by atoms with Gasteiger partial charge in [0.15, 0.2) is 0 Å². The lowest BCUT2D eigenvalue weighted by Gasteiger charge is -2.17. The van der Waals surface area contributed by atoms with Crippen LogP contribution in [0.1, 0.15) is 30.5 Å². The first kappa shape index (κ1) is 12.2. The molecule has 1 N–H and O–H groups in total. The van der Waals surface area contributed by atoms with Crippen molar-refractivity contribution in [1.82, 2.24) is 5.32 Å². The fourth-order valence-corrected chi connectivity index (χ4v) is 1.95. The summed E-state index contributed by atoms with van der Waals surface area (Å²) in [6.07, 6.45) is 4.50. The van der Waals surface area contributed by atoms with Gasteiger partial charge in [-0.05, 0) is 30.2 Å². The highest BCUT2D eigenvalue weighted by Crippen LogP contribution is 2.19. The van der Waals surface area contributed by atoms with Gasteiger partial charge in [0.05, 0.1) is 12.5 Å². The number of hydrogen-bond donors (Lipinski definition) is 1. The van der Waals surface area contributed by atoms with E-state index >= 15 is 0 Å². The number of rotatable bonds is 5. The summed E-state index contributed by atoms with van der Waals surface area (Å²) < 4.78 is 5.04. The highest BCUT2D eigenvalue weighted by Gasteiger charge is 2.08. The maximum Gasteiger partial charge on any atom is 0.0947 e. The second-order valence-corrected chi connectivity index (χ2v) is 4.46. The molecule has 0 spiro atoms. The maximum atomic E-state index is 5.89. The predicted octanol–water partition coefficient (Wildman–Crippen LogP) is 4.17. The predicted molar refractivity (Wildman–Crippen MR) is 70.0 cm³/mol. The first-order valence-electron chi connectivity index (χ1n) is 5.79. The van der Waals surface area contributed by atoms with Crippen LogP contribution in [-0.4, -0.2) is 0 Å². The lowest BCUT2D eigenvalue weighted by atomic mass is 10.0. The zero-order chi connectivity index (χ0) is 12.1. The Hall–Kier alpha value is -1.25. The molecule has 1 aromatic heterocycles. The molecule has 0 bridgehead atoms. The van der Waals surface area contributed by atoms with Crippen LogP contribution in [0.25, 0.3) is 0 Å². The molecule has 1 aromatic carbocycles. The molecule has 2 rings (SSSR count). The van der Waals surface area contributed by atoms with Gasteiger partial charge in [0, 0.05) is 23.2 Å². The number of furan rings is 1. The zero-order valence-corrected chi connectivity index (χ0v) is 10.6. The third kappa shape index (κ3) is 3.35. The average Bonchev–Trinajstić information content (AvgIpc) is 2.85. The molecule has 17 heavy (non-hydrogen) atoms. The van der Waals surface area contributed by atoms with Gasteiger partial charge in [-0.1, -0.05) is 30.7 Å². The summed E-state index contributed by atoms with van der Waals surface area (Å²) in [5.41, 5.74) is 2.43. The number of halogens is 1. The minimum atomic E-state index is 0.349. The molecular formula is C14H16ClNO. The Morgan fingerprint density at radius 1 is 1.24 bits per heavy atom. The van der Waals surface area contributed by atoms with Gasteiger partial charge in [-0.25, -0.2) is 0 Å². The molecule has 90 valence electrons. The van der Waals surface area contributed by atoms with Gasteiger partial charge in [0.25, 0.3) is 0 Å². The monoisotopic (exact) mass is 249 g/mol. The van der Waals surface area contributed by atoms with Crippen LogP contribution in [0.15, 0.2) is 47.3 Å². The SMILES string of the molecule is CCC(NCc1ccoc1)c1ccc(Cl)cc1. The minimum Gasteiger partial charge on any atom is -0.472 e. The highest BCUT2D eigenvalue weighted by molar-refractivity contribution is 6.30. The summed E-state index contributed by atoms with van der Waals surface area (Å²) in [7, 11) is 0. The molecule has 0 saturated carbocycles. The lowest BCUT2D eigenvalue weighted by Crippen LogP contribution is -2.19. The number of nitrogens with one attached hydrogen (secondary N) is 1. The van der Waals surface area contributed by atoms with Crippen molar-refractivity contribution in [2.24, 2.45) is 0 Å². The van der Waals surface area contributed by atoms with Gasteiger partial charge in [-0.3, -0.25) is 0 Å². The van der Waals surface area contributed by atoms with E-state index in [2.05, 4.69) is 24.4 Å². The first-order valence-corrected chi connectivity index (χ1v) is 6.17. The fourth-order valence-electron chi connectivity index (χ4n) is 1.83. The lowest BCUT2D eigenvalue weighted by molar-refractivity contribution is 0.512. The van der Waals surface area contributed by atoms with Crippen LogP contribution in [0.3, 0.4) is 0 Å². The molecule has 0 amide bonds. The van der Waals surface area contributed by atoms with Gasteiger partial charge < -0.3 is 9.73 Å². The van der Waals surface area contributed by atoms with Crippen molar-refractivity contribution in [3.8, 4) is 0 Å². The van der Waals surface area contributed by atoms with E-state index in [1.54, 1.807) is 12.5 Å². The van der Waals surface area contributed by atoms with E-state index < -0.39 is 0 Å². The van der Waals surface area contributed by atoms with Crippen LogP contribution in [0.2, 0.25) is 5.02 Å². The Morgan fingerprint density at radius 3 is 2.59 bits per heavy atom. The second-order valence-electron chi connectivity index (χ2n) is 4.02. The summed E-state index contributed by atoms with van der Waals surface area (Å²) in [5, 5.41) is 4.28. The smallest absolute Gasteiger partial charge is 0.0947 e. The summed E-state index contributed by atoms with van der Waals surface area (Å²) in [6.45, 7) is 2.99. The highest BCUT2D eigenvalue weighted by atomic mass is 35.5. The van der Waals surface area contributed by atoms with Crippen LogP contribution >= 0.6 is 11.6 Å². The van der Waals surface area contributed by atoms with Gasteiger partial charge in [-0.15, -0.1) is 0 Å². The van der Waals surface area contributed by atoms with E-state index in [4.69, 9.17) is 16.0 Å². The van der Waals surface area contributed by atoms with Crippen molar-refractivity contribution < 1.29 is 4.42 Å². The van der Waals surface area contributed by atoms with E-state index in [9.17, 15) is 0 Å². The largest absolute Gasteiger partial charge is 0.472 e. The van der Waals surface area contributed by atoms with Crippen molar-refractivity contribution in [3.63, 3.8) is 0 Å². The third-order valence-corrected chi connectivity index (χ3v) is 3.07. The zero-order valence-electron chi connectivity index (χ0n) is 9.82. The van der Waals surface area contributed by atoms with E-state index in [-0.39, 0.29) is 0 Å². The Kier molecular flexibility index (Phi) is 4.24.